The third-order valence-corrected chi connectivity index (χ3v) is 10.4. The highest BCUT2D eigenvalue weighted by atomic mass is 32.2. The average Bonchev–Trinajstić information content (AvgIpc) is 3.50. The summed E-state index contributed by atoms with van der Waals surface area (Å²) in [5.74, 6) is -0.952. The number of aromatic nitrogens is 1. The summed E-state index contributed by atoms with van der Waals surface area (Å²) in [4.78, 5) is 41.5. The van der Waals surface area contributed by atoms with Crippen LogP contribution in [-0.2, 0) is 16.1 Å². The Kier molecular flexibility index (Phi) is 10.2. The maximum atomic E-state index is 13.9. The molecule has 258 valence electrons. The number of anilines is 2. The van der Waals surface area contributed by atoms with E-state index in [2.05, 4.69) is 51.7 Å². The summed E-state index contributed by atoms with van der Waals surface area (Å²) in [6.45, 7) is 4.98. The van der Waals surface area contributed by atoms with Crippen molar-refractivity contribution in [2.24, 2.45) is 0 Å². The molecule has 0 aliphatic carbocycles. The number of benzene rings is 6. The molecule has 0 aliphatic heterocycles. The predicted octanol–water partition coefficient (Wildman–Crippen LogP) is 9.89. The van der Waals surface area contributed by atoms with E-state index in [4.69, 9.17) is 0 Å². The van der Waals surface area contributed by atoms with Crippen LogP contribution in [0.15, 0.2) is 150 Å². The molecule has 0 bridgehead atoms. The zero-order chi connectivity index (χ0) is 36.0. The Hall–Kier alpha value is -6.12. The number of hydrogen-bond donors (Lipinski definition) is 3. The molecular formula is C44H38N4O3S. The molecule has 3 amide bonds. The van der Waals surface area contributed by atoms with Crippen molar-refractivity contribution in [3.05, 3.63) is 156 Å². The molecule has 8 heteroatoms. The lowest BCUT2D eigenvalue weighted by atomic mass is 10.0. The zero-order valence-corrected chi connectivity index (χ0v) is 29.7. The van der Waals surface area contributed by atoms with Crippen LogP contribution in [0.5, 0.6) is 0 Å². The predicted molar refractivity (Wildman–Crippen MR) is 215 cm³/mol. The molecule has 0 radical (unpaired) electrons. The van der Waals surface area contributed by atoms with E-state index in [0.29, 0.717) is 17.7 Å². The molecule has 1 atom stereocenters. The molecular weight excluding hydrogens is 665 g/mol. The molecule has 7 nitrogen and oxygen atoms in total. The molecule has 0 aliphatic rings. The Morgan fingerprint density at radius 1 is 0.673 bits per heavy atom. The summed E-state index contributed by atoms with van der Waals surface area (Å²) in [6, 6.07) is 44.3. The lowest BCUT2D eigenvalue weighted by Gasteiger charge is -2.16. The number of carbonyl (C=O) groups is 3. The fourth-order valence-electron chi connectivity index (χ4n) is 6.50. The van der Waals surface area contributed by atoms with E-state index >= 15 is 0 Å². The van der Waals surface area contributed by atoms with E-state index in [1.807, 2.05) is 91.9 Å². The second-order valence-corrected chi connectivity index (χ2v) is 13.7. The normalized spacial score (nSPS) is 12.2. The molecule has 52 heavy (non-hydrogen) atoms. The third kappa shape index (κ3) is 7.33. The van der Waals surface area contributed by atoms with Gasteiger partial charge in [-0.05, 0) is 90.4 Å². The molecule has 0 saturated heterocycles. The number of nitrogens with one attached hydrogen (secondary N) is 3. The summed E-state index contributed by atoms with van der Waals surface area (Å²) in [5, 5.41) is 12.8. The molecule has 3 N–H and O–H groups in total. The number of hydrogen-bond acceptors (Lipinski definition) is 4. The van der Waals surface area contributed by atoms with Gasteiger partial charge in [0, 0.05) is 50.2 Å². The number of rotatable bonds is 11. The van der Waals surface area contributed by atoms with Gasteiger partial charge < -0.3 is 20.5 Å². The van der Waals surface area contributed by atoms with Crippen molar-refractivity contribution in [1.82, 2.24) is 9.88 Å². The fraction of sp³-hybridized carbons (Fsp3) is 0.114. The fourth-order valence-corrected chi connectivity index (χ4v) is 7.51. The maximum absolute atomic E-state index is 13.9. The van der Waals surface area contributed by atoms with E-state index < -0.39 is 11.8 Å². The molecule has 0 saturated carbocycles. The summed E-state index contributed by atoms with van der Waals surface area (Å²) < 4.78 is 2.28. The first-order valence-electron chi connectivity index (χ1n) is 17.4. The standard InChI is InChI=1S/C44H38N4O3S/c1-3-41(44(51)46-33-24-25-40-37(28-33)36-22-10-11-23-39(36)48(40)4-2)52-34-20-13-19-32(27-34)45-43(50)38(47-42(49)30-15-6-5-7-16-30)26-31-18-12-17-29-14-8-9-21-35(29)31/h5-28,41H,3-4H2,1-2H3,(H,45,50)(H,46,51)(H,47,49)/b38-26+. The number of fused-ring (bicyclic) bond motifs is 4. The summed E-state index contributed by atoms with van der Waals surface area (Å²) in [7, 11) is 0. The largest absolute Gasteiger partial charge is 0.341 e. The van der Waals surface area contributed by atoms with Crippen LogP contribution >= 0.6 is 11.8 Å². The van der Waals surface area contributed by atoms with Crippen LogP contribution in [0.25, 0.3) is 38.7 Å². The van der Waals surface area contributed by atoms with E-state index in [0.717, 1.165) is 49.8 Å². The monoisotopic (exact) mass is 702 g/mol. The van der Waals surface area contributed by atoms with Gasteiger partial charge in [0.25, 0.3) is 11.8 Å². The first-order chi connectivity index (χ1) is 25.4. The minimum Gasteiger partial charge on any atom is -0.341 e. The Labute approximate surface area is 306 Å². The topological polar surface area (TPSA) is 92.2 Å². The minimum atomic E-state index is -0.469. The first-order valence-corrected chi connectivity index (χ1v) is 18.3. The third-order valence-electron chi connectivity index (χ3n) is 9.04. The molecule has 1 heterocycles. The zero-order valence-electron chi connectivity index (χ0n) is 28.9. The van der Waals surface area contributed by atoms with Crippen LogP contribution in [-0.4, -0.2) is 27.5 Å². The van der Waals surface area contributed by atoms with Gasteiger partial charge in [0.2, 0.25) is 5.91 Å². The number of nitrogens with zero attached hydrogens (tertiary/aromatic N) is 1. The highest BCUT2D eigenvalue weighted by Crippen LogP contribution is 2.33. The second kappa shape index (κ2) is 15.4. The minimum absolute atomic E-state index is 0.0931. The van der Waals surface area contributed by atoms with Crippen LogP contribution in [0, 0.1) is 0 Å². The van der Waals surface area contributed by atoms with Gasteiger partial charge in [-0.15, -0.1) is 11.8 Å². The van der Waals surface area contributed by atoms with Gasteiger partial charge in [0.15, 0.2) is 0 Å². The van der Waals surface area contributed by atoms with Crippen molar-refractivity contribution in [2.45, 2.75) is 37.0 Å². The summed E-state index contributed by atoms with van der Waals surface area (Å²) in [6.07, 6.45) is 2.31. The maximum Gasteiger partial charge on any atom is 0.272 e. The van der Waals surface area contributed by atoms with E-state index in [9.17, 15) is 14.4 Å². The van der Waals surface area contributed by atoms with Crippen molar-refractivity contribution in [1.29, 1.82) is 0 Å². The van der Waals surface area contributed by atoms with Crippen molar-refractivity contribution >= 4 is 79.5 Å². The van der Waals surface area contributed by atoms with E-state index in [-0.39, 0.29) is 16.9 Å². The Balaban J connectivity index is 1.09. The lowest BCUT2D eigenvalue weighted by Crippen LogP contribution is -2.30. The molecule has 6 aromatic carbocycles. The lowest BCUT2D eigenvalue weighted by molar-refractivity contribution is -0.116. The van der Waals surface area contributed by atoms with Crippen LogP contribution in [0.3, 0.4) is 0 Å². The molecule has 7 rings (SSSR count). The highest BCUT2D eigenvalue weighted by Gasteiger charge is 2.20. The first kappa shape index (κ1) is 34.3. The molecule has 1 aromatic heterocycles. The van der Waals surface area contributed by atoms with E-state index in [1.54, 1.807) is 36.4 Å². The average molecular weight is 703 g/mol. The van der Waals surface area contributed by atoms with Crippen molar-refractivity contribution in [2.75, 3.05) is 10.6 Å². The molecule has 0 spiro atoms. The SMILES string of the molecule is CCC(Sc1cccc(NC(=O)/C(=C\c2cccc3ccccc23)NC(=O)c2ccccc2)c1)C(=O)Nc1ccc2c(c1)c1ccccc1n2CC. The Morgan fingerprint density at radius 3 is 2.17 bits per heavy atom. The Bertz CT molecular complexity index is 2460. The van der Waals surface area contributed by atoms with Gasteiger partial charge in [0.05, 0.1) is 5.25 Å². The number of para-hydroxylation sites is 1. The van der Waals surface area contributed by atoms with E-state index in [1.165, 1.54) is 17.3 Å². The highest BCUT2D eigenvalue weighted by molar-refractivity contribution is 8.00. The van der Waals surface area contributed by atoms with Crippen LogP contribution in [0.4, 0.5) is 11.4 Å². The summed E-state index contributed by atoms with van der Waals surface area (Å²) in [5.41, 5.74) is 4.94. The molecule has 1 unspecified atom stereocenters. The van der Waals surface area contributed by atoms with Crippen LogP contribution in [0.2, 0.25) is 0 Å². The van der Waals surface area contributed by atoms with Gasteiger partial charge in [-0.3, -0.25) is 14.4 Å². The molecule has 7 aromatic rings. The van der Waals surface area contributed by atoms with Gasteiger partial charge in [0.1, 0.15) is 5.70 Å². The number of carbonyl (C=O) groups excluding carboxylic acids is 3. The van der Waals surface area contributed by atoms with Gasteiger partial charge in [-0.2, -0.15) is 0 Å². The van der Waals surface area contributed by atoms with Gasteiger partial charge in [-0.25, -0.2) is 0 Å². The smallest absolute Gasteiger partial charge is 0.272 e. The van der Waals surface area contributed by atoms with Gasteiger partial charge in [-0.1, -0.05) is 91.9 Å². The summed E-state index contributed by atoms with van der Waals surface area (Å²) >= 11 is 1.44. The molecule has 0 fully saturated rings. The van der Waals surface area contributed by atoms with Crippen LogP contribution < -0.4 is 16.0 Å². The number of amides is 3. The number of aryl methyl sites for hydroxylation is 1. The van der Waals surface area contributed by atoms with Crippen molar-refractivity contribution in [3.8, 4) is 0 Å². The Morgan fingerprint density at radius 2 is 1.37 bits per heavy atom. The van der Waals surface area contributed by atoms with Crippen molar-refractivity contribution < 1.29 is 14.4 Å². The second-order valence-electron chi connectivity index (χ2n) is 12.4. The van der Waals surface area contributed by atoms with Gasteiger partial charge >= 0.3 is 0 Å². The van der Waals surface area contributed by atoms with Crippen LogP contribution in [0.1, 0.15) is 36.2 Å². The quantitative estimate of drug-likeness (QED) is 0.0925. The van der Waals surface area contributed by atoms with Crippen molar-refractivity contribution in [3.63, 3.8) is 0 Å². The number of thioether (sulfide) groups is 1.